The fraction of sp³-hybridized carbons (Fsp3) is 0. The second-order valence-corrected chi connectivity index (χ2v) is 3.74. The van der Waals surface area contributed by atoms with Crippen molar-refractivity contribution in [1.82, 2.24) is 0 Å². The molecular weight excluding hydrogens is 256 g/mol. The maximum atomic E-state index is 10.2. The fourth-order valence-corrected chi connectivity index (χ4v) is 1.24. The summed E-state index contributed by atoms with van der Waals surface area (Å²) < 4.78 is 0. The molecule has 2 rings (SSSR count). The van der Waals surface area contributed by atoms with Gasteiger partial charge in [-0.15, -0.1) is 0 Å². The van der Waals surface area contributed by atoms with Gasteiger partial charge in [-0.25, -0.2) is 4.79 Å². The highest BCUT2D eigenvalue weighted by atomic mass is 35.5. The first kappa shape index (κ1) is 13.9. The van der Waals surface area contributed by atoms with Crippen molar-refractivity contribution in [3.63, 3.8) is 0 Å². The number of carboxylic acid groups (broad SMARTS) is 1. The lowest BCUT2D eigenvalue weighted by molar-refractivity contribution is 0.0697. The van der Waals surface area contributed by atoms with E-state index in [-0.39, 0.29) is 11.5 Å². The number of aromatic carboxylic acids is 1. The lowest BCUT2D eigenvalue weighted by Gasteiger charge is -1.94. The predicted molar refractivity (Wildman–Crippen MR) is 68.2 cm³/mol. The molecule has 0 atom stereocenters. The zero-order valence-electron chi connectivity index (χ0n) is 9.25. The van der Waals surface area contributed by atoms with Gasteiger partial charge in [0.15, 0.2) is 11.5 Å². The van der Waals surface area contributed by atoms with Crippen LogP contribution in [0.15, 0.2) is 48.5 Å². The topological polar surface area (TPSA) is 77.8 Å². The normalized spacial score (nSPS) is 9.17. The van der Waals surface area contributed by atoms with E-state index in [0.29, 0.717) is 10.6 Å². The molecule has 0 aliphatic heterocycles. The molecule has 0 spiro atoms. The monoisotopic (exact) mass is 266 g/mol. The van der Waals surface area contributed by atoms with Crippen LogP contribution in [0.3, 0.4) is 0 Å². The van der Waals surface area contributed by atoms with E-state index in [4.69, 9.17) is 26.9 Å². The standard InChI is InChI=1S/C7H6O2.C6H5ClO2/c8-7(9)6-4-2-1-3-5-6;7-4-1-2-5(8)6(9)3-4/h1-5H,(H,8,9);1-3,8-9H. The number of aromatic hydroxyl groups is 2. The minimum atomic E-state index is -0.879. The first-order valence-corrected chi connectivity index (χ1v) is 5.34. The maximum Gasteiger partial charge on any atom is 0.335 e. The number of carboxylic acids is 1. The number of rotatable bonds is 1. The van der Waals surface area contributed by atoms with Gasteiger partial charge >= 0.3 is 5.97 Å². The highest BCUT2D eigenvalue weighted by Gasteiger charge is 1.97. The lowest BCUT2D eigenvalue weighted by atomic mass is 10.2. The molecule has 0 aliphatic rings. The Balaban J connectivity index is 0.000000180. The Bertz CT molecular complexity index is 526. The molecule has 0 saturated carbocycles. The van der Waals surface area contributed by atoms with Crippen LogP contribution in [-0.2, 0) is 0 Å². The maximum absolute atomic E-state index is 10.2. The minimum Gasteiger partial charge on any atom is -0.504 e. The number of phenols is 2. The molecule has 0 amide bonds. The fourth-order valence-electron chi connectivity index (χ4n) is 1.08. The second-order valence-electron chi connectivity index (χ2n) is 3.30. The largest absolute Gasteiger partial charge is 0.504 e. The molecule has 5 heteroatoms. The van der Waals surface area contributed by atoms with E-state index in [0.717, 1.165) is 0 Å². The van der Waals surface area contributed by atoms with Crippen LogP contribution >= 0.6 is 11.6 Å². The van der Waals surface area contributed by atoms with E-state index in [9.17, 15) is 4.79 Å². The summed E-state index contributed by atoms with van der Waals surface area (Å²) in [5, 5.41) is 26.3. The average molecular weight is 267 g/mol. The van der Waals surface area contributed by atoms with Crippen molar-refractivity contribution >= 4 is 17.6 Å². The van der Waals surface area contributed by atoms with Crippen molar-refractivity contribution in [1.29, 1.82) is 0 Å². The van der Waals surface area contributed by atoms with Crippen LogP contribution in [0.2, 0.25) is 5.02 Å². The van der Waals surface area contributed by atoms with E-state index in [1.54, 1.807) is 30.3 Å². The van der Waals surface area contributed by atoms with Crippen LogP contribution in [0, 0.1) is 0 Å². The van der Waals surface area contributed by atoms with Gasteiger partial charge in [0.2, 0.25) is 0 Å². The summed E-state index contributed by atoms with van der Waals surface area (Å²) in [6.45, 7) is 0. The molecule has 2 aromatic carbocycles. The zero-order chi connectivity index (χ0) is 13.5. The van der Waals surface area contributed by atoms with Crippen LogP contribution in [0.4, 0.5) is 0 Å². The predicted octanol–water partition coefficient (Wildman–Crippen LogP) is 3.14. The van der Waals surface area contributed by atoms with Crippen molar-refractivity contribution < 1.29 is 20.1 Å². The van der Waals surface area contributed by atoms with E-state index in [2.05, 4.69) is 0 Å². The van der Waals surface area contributed by atoms with Crippen molar-refractivity contribution in [2.75, 3.05) is 0 Å². The first-order chi connectivity index (χ1) is 8.50. The van der Waals surface area contributed by atoms with Gasteiger partial charge in [-0.05, 0) is 24.3 Å². The molecule has 3 N–H and O–H groups in total. The van der Waals surface area contributed by atoms with Crippen molar-refractivity contribution in [3.8, 4) is 11.5 Å². The molecule has 0 radical (unpaired) electrons. The van der Waals surface area contributed by atoms with Crippen LogP contribution in [0.25, 0.3) is 0 Å². The number of carbonyl (C=O) groups is 1. The Morgan fingerprint density at radius 3 is 1.94 bits per heavy atom. The quantitative estimate of drug-likeness (QED) is 0.693. The van der Waals surface area contributed by atoms with Crippen LogP contribution in [-0.4, -0.2) is 21.3 Å². The molecule has 0 bridgehead atoms. The highest BCUT2D eigenvalue weighted by Crippen LogP contribution is 2.26. The van der Waals surface area contributed by atoms with Gasteiger partial charge in [-0.2, -0.15) is 0 Å². The van der Waals surface area contributed by atoms with Gasteiger partial charge in [0.25, 0.3) is 0 Å². The van der Waals surface area contributed by atoms with Crippen molar-refractivity contribution in [2.24, 2.45) is 0 Å². The summed E-state index contributed by atoms with van der Waals surface area (Å²) in [5.41, 5.74) is 0.331. The van der Waals surface area contributed by atoms with Gasteiger partial charge in [-0.3, -0.25) is 0 Å². The van der Waals surface area contributed by atoms with E-state index >= 15 is 0 Å². The Morgan fingerprint density at radius 2 is 1.56 bits per heavy atom. The molecule has 0 saturated heterocycles. The third-order valence-electron chi connectivity index (χ3n) is 1.96. The molecule has 18 heavy (non-hydrogen) atoms. The van der Waals surface area contributed by atoms with Gasteiger partial charge in [-0.1, -0.05) is 29.8 Å². The first-order valence-electron chi connectivity index (χ1n) is 4.96. The molecule has 0 aliphatic carbocycles. The number of phenolic OH excluding ortho intramolecular Hbond substituents is 2. The zero-order valence-corrected chi connectivity index (χ0v) is 10.0. The van der Waals surface area contributed by atoms with Gasteiger partial charge in [0.05, 0.1) is 5.56 Å². The second kappa shape index (κ2) is 6.51. The summed E-state index contributed by atoms with van der Waals surface area (Å²) in [6, 6.07) is 12.4. The summed E-state index contributed by atoms with van der Waals surface area (Å²) in [6.07, 6.45) is 0. The van der Waals surface area contributed by atoms with Gasteiger partial charge in [0, 0.05) is 11.1 Å². The minimum absolute atomic E-state index is 0.153. The van der Waals surface area contributed by atoms with Crippen LogP contribution in [0.1, 0.15) is 10.4 Å². The summed E-state index contributed by atoms with van der Waals surface area (Å²) in [4.78, 5) is 10.2. The molecule has 0 unspecified atom stereocenters. The van der Waals surface area contributed by atoms with E-state index in [1.165, 1.54) is 18.2 Å². The van der Waals surface area contributed by atoms with Crippen molar-refractivity contribution in [3.05, 3.63) is 59.1 Å². The molecular formula is C13H11ClO4. The molecule has 94 valence electrons. The Labute approximate surface area is 109 Å². The Kier molecular flexibility index (Phi) is 5.02. The van der Waals surface area contributed by atoms with E-state index in [1.807, 2.05) is 0 Å². The summed E-state index contributed by atoms with van der Waals surface area (Å²) in [7, 11) is 0. The van der Waals surface area contributed by atoms with Crippen molar-refractivity contribution in [2.45, 2.75) is 0 Å². The third kappa shape index (κ3) is 4.35. The summed E-state index contributed by atoms with van der Waals surface area (Å²) >= 11 is 5.45. The molecule has 0 heterocycles. The number of hydrogen-bond donors (Lipinski definition) is 3. The van der Waals surface area contributed by atoms with Crippen LogP contribution in [0.5, 0.6) is 11.5 Å². The lowest BCUT2D eigenvalue weighted by Crippen LogP contribution is -1.93. The molecule has 2 aromatic rings. The third-order valence-corrected chi connectivity index (χ3v) is 2.19. The highest BCUT2D eigenvalue weighted by molar-refractivity contribution is 6.30. The van der Waals surface area contributed by atoms with E-state index < -0.39 is 5.97 Å². The molecule has 4 nitrogen and oxygen atoms in total. The average Bonchev–Trinajstić information content (AvgIpc) is 2.36. The SMILES string of the molecule is O=C(O)c1ccccc1.Oc1ccc(Cl)cc1O. The number of halogens is 1. The van der Waals surface area contributed by atoms with Gasteiger partial charge in [0.1, 0.15) is 0 Å². The Hall–Kier alpha value is -2.20. The van der Waals surface area contributed by atoms with Gasteiger partial charge < -0.3 is 15.3 Å². The van der Waals surface area contributed by atoms with Crippen LogP contribution < -0.4 is 0 Å². The Morgan fingerprint density at radius 1 is 0.944 bits per heavy atom. The smallest absolute Gasteiger partial charge is 0.335 e. The molecule has 0 fully saturated rings. The molecule has 0 aromatic heterocycles. The number of benzene rings is 2. The summed E-state index contributed by atoms with van der Waals surface area (Å²) in [5.74, 6) is -1.22. The number of hydrogen-bond acceptors (Lipinski definition) is 3.